The molecule has 2 aromatic carbocycles. The fourth-order valence-corrected chi connectivity index (χ4v) is 10.8. The molecule has 2 aromatic heterocycles. The highest BCUT2D eigenvalue weighted by molar-refractivity contribution is 5.94. The SMILES string of the molecule is CCC1(O)C(=O)OCc2c1cc1n(c2=O)Cc2c-1nc1cc(F)c(C)c3c1c2C(NC(=O)OCc1ccc(OC2OC(C(=O)O)C(O)C(O)C2O)c(CNC(=O)CCNC(=O)C(CNC(=O)CCOCCOC)NC(=O)CCCCCON)c1)CC3. The zero-order chi connectivity index (χ0) is 62.0. The van der Waals surface area contributed by atoms with E-state index >= 15 is 4.39 Å². The zero-order valence-electron chi connectivity index (χ0n) is 47.6. The lowest BCUT2D eigenvalue weighted by Gasteiger charge is -2.38. The number of alkyl carbamates (subject to hydrolysis) is 1. The van der Waals surface area contributed by atoms with Gasteiger partial charge in [0.1, 0.15) is 49.1 Å². The molecule has 1 fully saturated rings. The molecule has 4 aliphatic rings. The Hall–Kier alpha value is -7.74. The molecule has 466 valence electrons. The summed E-state index contributed by atoms with van der Waals surface area (Å²) in [5.41, 5.74) is 1.05. The number of esters is 1. The Bertz CT molecular complexity index is 3290. The van der Waals surface area contributed by atoms with E-state index in [9.17, 15) is 63.9 Å². The summed E-state index contributed by atoms with van der Waals surface area (Å²) in [6.45, 7) is 2.58. The first-order valence-corrected chi connectivity index (χ1v) is 28.1. The Balaban J connectivity index is 0.964. The van der Waals surface area contributed by atoms with E-state index in [0.717, 1.165) is 0 Å². The van der Waals surface area contributed by atoms with Gasteiger partial charge in [0.25, 0.3) is 5.56 Å². The minimum absolute atomic E-state index is 0.0128. The normalized spacial score (nSPS) is 21.2. The van der Waals surface area contributed by atoms with Crippen LogP contribution in [0.15, 0.2) is 35.1 Å². The van der Waals surface area contributed by atoms with Crippen LogP contribution in [0.5, 0.6) is 5.75 Å². The quantitative estimate of drug-likeness (QED) is 0.0177. The first-order chi connectivity index (χ1) is 41.2. The number of carboxylic acids is 1. The number of nitrogens with zero attached hydrogens (tertiary/aromatic N) is 2. The third-order valence-electron chi connectivity index (χ3n) is 15.6. The molecule has 1 saturated heterocycles. The molecular formula is C57H71FN8O20. The minimum atomic E-state index is -2.10. The second-order valence-electron chi connectivity index (χ2n) is 21.2. The smallest absolute Gasteiger partial charge is 0.407 e. The summed E-state index contributed by atoms with van der Waals surface area (Å²) in [7, 11) is 1.50. The first-order valence-electron chi connectivity index (χ1n) is 28.1. The Morgan fingerprint density at radius 2 is 1.69 bits per heavy atom. The number of fused-ring (bicyclic) bond motifs is 5. The Labute approximate surface area is 491 Å². The van der Waals surface area contributed by atoms with Crippen molar-refractivity contribution in [3.63, 3.8) is 0 Å². The van der Waals surface area contributed by atoms with Crippen LogP contribution in [-0.2, 0) is 95.6 Å². The molecule has 1 aliphatic carbocycles. The maximum Gasteiger partial charge on any atom is 0.407 e. The largest absolute Gasteiger partial charge is 0.479 e. The van der Waals surface area contributed by atoms with Crippen molar-refractivity contribution in [2.24, 2.45) is 5.90 Å². The predicted octanol–water partition coefficient (Wildman–Crippen LogP) is -0.0609. The van der Waals surface area contributed by atoms with Crippen LogP contribution >= 0.6 is 0 Å². The second-order valence-corrected chi connectivity index (χ2v) is 21.2. The third kappa shape index (κ3) is 14.4. The summed E-state index contributed by atoms with van der Waals surface area (Å²) in [6, 6.07) is 5.07. The van der Waals surface area contributed by atoms with Gasteiger partial charge in [0.05, 0.1) is 61.5 Å². The highest BCUT2D eigenvalue weighted by Gasteiger charge is 2.49. The topological polar surface area (TPSA) is 406 Å². The number of hydrogen-bond acceptors (Lipinski definition) is 21. The number of aromatic nitrogens is 2. The van der Waals surface area contributed by atoms with Gasteiger partial charge in [-0.05, 0) is 79.5 Å². The molecule has 5 amide bonds. The molecule has 12 N–H and O–H groups in total. The number of aliphatic hydroxyl groups excluding tert-OH is 3. The number of aryl methyl sites for hydroxylation is 1. The number of ether oxygens (including phenoxy) is 6. The number of aliphatic hydroxyl groups is 4. The van der Waals surface area contributed by atoms with Gasteiger partial charge in [0.15, 0.2) is 11.7 Å². The Morgan fingerprint density at radius 1 is 0.907 bits per heavy atom. The van der Waals surface area contributed by atoms with E-state index in [1.807, 2.05) is 0 Å². The van der Waals surface area contributed by atoms with Gasteiger partial charge in [-0.1, -0.05) is 19.4 Å². The van der Waals surface area contributed by atoms with E-state index in [4.69, 9.17) is 39.3 Å². The number of cyclic esters (lactones) is 1. The third-order valence-corrected chi connectivity index (χ3v) is 15.6. The van der Waals surface area contributed by atoms with Crippen molar-refractivity contribution in [1.82, 2.24) is 36.1 Å². The maximum atomic E-state index is 15.6. The van der Waals surface area contributed by atoms with Gasteiger partial charge in [0, 0.05) is 74.1 Å². The molecule has 0 saturated carbocycles. The van der Waals surface area contributed by atoms with Gasteiger partial charge in [-0.2, -0.15) is 0 Å². The number of pyridine rings is 2. The van der Waals surface area contributed by atoms with Crippen LogP contribution < -0.4 is 42.8 Å². The summed E-state index contributed by atoms with van der Waals surface area (Å²) in [5, 5.41) is 66.8. The molecule has 8 unspecified atom stereocenters. The van der Waals surface area contributed by atoms with Gasteiger partial charge in [-0.25, -0.2) is 29.7 Å². The average Bonchev–Trinajstić information content (AvgIpc) is 1.48. The van der Waals surface area contributed by atoms with E-state index in [1.54, 1.807) is 13.8 Å². The number of rotatable bonds is 28. The zero-order valence-corrected chi connectivity index (χ0v) is 47.6. The van der Waals surface area contributed by atoms with Crippen LogP contribution in [0.1, 0.15) is 109 Å². The Kier molecular flexibility index (Phi) is 21.4. The minimum Gasteiger partial charge on any atom is -0.479 e. The van der Waals surface area contributed by atoms with Crippen molar-refractivity contribution in [1.29, 1.82) is 0 Å². The first kappa shape index (κ1) is 64.3. The molecule has 0 bridgehead atoms. The van der Waals surface area contributed by atoms with E-state index in [1.165, 1.54) is 42.0 Å². The van der Waals surface area contributed by atoms with Gasteiger partial charge >= 0.3 is 18.0 Å². The van der Waals surface area contributed by atoms with E-state index in [2.05, 4.69) is 31.4 Å². The van der Waals surface area contributed by atoms with Crippen LogP contribution in [0, 0.1) is 12.7 Å². The lowest BCUT2D eigenvalue weighted by Crippen LogP contribution is -2.61. The maximum absolute atomic E-state index is 15.6. The van der Waals surface area contributed by atoms with Crippen molar-refractivity contribution in [2.75, 3.05) is 46.6 Å². The monoisotopic (exact) mass is 1210 g/mol. The van der Waals surface area contributed by atoms with E-state index < -0.39 is 108 Å². The van der Waals surface area contributed by atoms with Crippen molar-refractivity contribution >= 4 is 52.6 Å². The van der Waals surface area contributed by atoms with E-state index in [-0.39, 0.29) is 112 Å². The van der Waals surface area contributed by atoms with Crippen LogP contribution in [0.2, 0.25) is 0 Å². The molecule has 3 aliphatic heterocycles. The summed E-state index contributed by atoms with van der Waals surface area (Å²) in [4.78, 5) is 114. The summed E-state index contributed by atoms with van der Waals surface area (Å²) in [6.07, 6.45) is -8.85. The second kappa shape index (κ2) is 28.6. The summed E-state index contributed by atoms with van der Waals surface area (Å²) >= 11 is 0. The molecular weight excluding hydrogens is 1140 g/mol. The van der Waals surface area contributed by atoms with Crippen molar-refractivity contribution < 1.29 is 96.7 Å². The number of nitrogens with two attached hydrogens (primary N) is 1. The number of benzene rings is 2. The number of hydrogen-bond donors (Lipinski definition) is 11. The molecule has 28 nitrogen and oxygen atoms in total. The van der Waals surface area contributed by atoms with E-state index in [0.29, 0.717) is 77.8 Å². The number of halogens is 1. The number of nitrogens with one attached hydrogen (secondary N) is 5. The lowest BCUT2D eigenvalue weighted by atomic mass is 9.81. The molecule has 5 heterocycles. The molecule has 4 aromatic rings. The van der Waals surface area contributed by atoms with Gasteiger partial charge in [-0.15, -0.1) is 0 Å². The molecule has 8 atom stereocenters. The van der Waals surface area contributed by atoms with Crippen LogP contribution in [-0.4, -0.2) is 160 Å². The Morgan fingerprint density at radius 3 is 2.43 bits per heavy atom. The molecule has 0 radical (unpaired) electrons. The number of amides is 5. The van der Waals surface area contributed by atoms with Crippen molar-refractivity contribution in [2.45, 2.75) is 146 Å². The van der Waals surface area contributed by atoms with Crippen LogP contribution in [0.4, 0.5) is 9.18 Å². The van der Waals surface area contributed by atoms with Crippen LogP contribution in [0.3, 0.4) is 0 Å². The number of carbonyl (C=O) groups is 7. The molecule has 0 spiro atoms. The fraction of sp³-hybridized carbons (Fsp3) is 0.526. The predicted molar refractivity (Wildman–Crippen MR) is 295 cm³/mol. The van der Waals surface area contributed by atoms with Crippen molar-refractivity contribution in [3.05, 3.63) is 91.0 Å². The lowest BCUT2D eigenvalue weighted by molar-refractivity contribution is -0.271. The summed E-state index contributed by atoms with van der Waals surface area (Å²) < 4.78 is 49.5. The molecule has 8 rings (SSSR count). The number of unbranched alkanes of at least 4 members (excludes halogenated alkanes) is 2. The number of carboxylic acid groups (broad SMARTS) is 1. The molecule has 86 heavy (non-hydrogen) atoms. The standard InChI is InChI=1S/C57H71FN8O20/c1-4-57(79)34-21-39-46-32(25-66(39)52(74)33(34)27-82-55(57)77)45-36(11-10-31-28(2)35(58)22-37(64-46)44(31)45)65-56(78)83-26-29-9-12-40(85-54-49(72)47(70)48(71)50(86-54)53(75)76)30(20-29)23-61-41(67)13-15-60-51(73)38(63-43(69)8-6-5-7-16-84-59)24-62-42(68)14-17-81-19-18-80-3/h9,12,20-22,36,38,47-50,54,70-72,79H,4-8,10-11,13-19,23-27,59H2,1-3H3,(H,60,73)(H,61,67)(H,62,68)(H,63,69)(H,65,78)(H,75,76). The number of carbonyl (C=O) groups excluding carboxylic acids is 6. The molecule has 29 heteroatoms. The number of aliphatic carboxylic acids is 1. The van der Waals surface area contributed by atoms with Crippen LogP contribution in [0.25, 0.3) is 22.3 Å². The van der Waals surface area contributed by atoms with Gasteiger partial charge in [-0.3, -0.25) is 24.0 Å². The fourth-order valence-electron chi connectivity index (χ4n) is 10.8. The average molecular weight is 1210 g/mol. The van der Waals surface area contributed by atoms with Gasteiger partial charge < -0.3 is 89.9 Å². The van der Waals surface area contributed by atoms with Crippen molar-refractivity contribution in [3.8, 4) is 17.1 Å². The highest BCUT2D eigenvalue weighted by atomic mass is 19.1. The number of methoxy groups -OCH3 is 1. The highest BCUT2D eigenvalue weighted by Crippen LogP contribution is 2.46. The van der Waals surface area contributed by atoms with Gasteiger partial charge in [0.2, 0.25) is 29.9 Å². The summed E-state index contributed by atoms with van der Waals surface area (Å²) in [5.74, 6) is -0.355.